The SMILES string of the molecule is CC[C@H](C)C1NC(=O)CNC(=O)[C@@H]2Cc3c([nH]c4ccccc34)[S+]([O-])C(NC(=O)CNC1=O)C(=O)N[C@@H](CC(=O)NCc1ccc(NC(C)[C@H](C)NC(=O)CNC(=O)CCN3C(=O)CC(S)C3=O)cc1)C(=O)N1CCC[C@H]1C(=O)NC([C@@H](C)[C@@H](O)CO)C(=O)N2. The molecule has 0 saturated carbocycles. The number of amides is 13. The Labute approximate surface area is 526 Å². The second-order valence-corrected chi connectivity index (χ2v) is 24.9. The molecule has 2 aromatic carbocycles. The number of hydrogen-bond acceptors (Lipinski definition) is 18. The Hall–Kier alpha value is -8.33. The minimum atomic E-state index is -2.73. The molecule has 13 atom stereocenters. The molecule has 5 heterocycles. The van der Waals surface area contributed by atoms with Crippen molar-refractivity contribution in [2.24, 2.45) is 11.8 Å². The van der Waals surface area contributed by atoms with Crippen molar-refractivity contribution in [3.63, 3.8) is 0 Å². The maximum Gasteiger partial charge on any atom is 0.295 e. The summed E-state index contributed by atoms with van der Waals surface area (Å²) in [4.78, 5) is 183. The molecule has 4 aliphatic rings. The summed E-state index contributed by atoms with van der Waals surface area (Å²) < 4.78 is 15.4. The Morgan fingerprint density at radius 3 is 2.12 bits per heavy atom. The molecule has 0 radical (unpaired) electrons. The zero-order valence-electron chi connectivity index (χ0n) is 50.3. The van der Waals surface area contributed by atoms with Crippen LogP contribution in [0, 0.1) is 11.8 Å². The second-order valence-electron chi connectivity index (χ2n) is 22.8. The van der Waals surface area contributed by atoms with E-state index in [1.165, 1.54) is 6.92 Å². The minimum Gasteiger partial charge on any atom is -0.608 e. The minimum absolute atomic E-state index is 0.00170. The first kappa shape index (κ1) is 69.1. The number of hydrogen-bond donors (Lipinski definition) is 15. The molecule has 3 aromatic rings. The van der Waals surface area contributed by atoms with Gasteiger partial charge in [0.1, 0.15) is 30.2 Å². The van der Waals surface area contributed by atoms with Gasteiger partial charge in [-0.05, 0) is 56.4 Å². The van der Waals surface area contributed by atoms with Gasteiger partial charge in [-0.3, -0.25) is 67.2 Å². The number of H-pyrrole nitrogens is 1. The molecule has 30 nitrogen and oxygen atoms in total. The van der Waals surface area contributed by atoms with Crippen LogP contribution in [0.15, 0.2) is 53.6 Å². The number of likely N-dealkylation sites (tertiary alicyclic amines) is 1. The van der Waals surface area contributed by atoms with Gasteiger partial charge in [-0.15, -0.1) is 0 Å². The number of aromatic nitrogens is 1. The lowest BCUT2D eigenvalue weighted by Crippen LogP contribution is -2.62. The lowest BCUT2D eigenvalue weighted by atomic mass is 9.94. The van der Waals surface area contributed by atoms with Crippen LogP contribution in [0.1, 0.15) is 84.3 Å². The normalized spacial score (nSPS) is 25.0. The zero-order chi connectivity index (χ0) is 65.7. The average Bonchev–Trinajstić information content (AvgIpc) is 1.74. The number of imide groups is 1. The molecular formula is C58H78N14O16S2. The zero-order valence-corrected chi connectivity index (χ0v) is 52.0. The summed E-state index contributed by atoms with van der Waals surface area (Å²) in [6.45, 7) is 5.16. The van der Waals surface area contributed by atoms with Crippen molar-refractivity contribution in [1.82, 2.24) is 68.0 Å². The molecule has 0 aliphatic carbocycles. The molecule has 488 valence electrons. The van der Waals surface area contributed by atoms with Crippen LogP contribution in [0.3, 0.4) is 0 Å². The Morgan fingerprint density at radius 1 is 0.756 bits per heavy atom. The van der Waals surface area contributed by atoms with Crippen LogP contribution in [0.5, 0.6) is 0 Å². The molecule has 1 aromatic heterocycles. The summed E-state index contributed by atoms with van der Waals surface area (Å²) in [5, 5.41) is 47.1. The van der Waals surface area contributed by atoms with Crippen molar-refractivity contribution < 1.29 is 77.1 Å². The highest BCUT2D eigenvalue weighted by Crippen LogP contribution is 2.31. The fraction of sp³-hybridized carbons (Fsp3) is 0.534. The van der Waals surface area contributed by atoms with Crippen LogP contribution in [0.25, 0.3) is 10.9 Å². The Morgan fingerprint density at radius 2 is 1.44 bits per heavy atom. The van der Waals surface area contributed by atoms with Gasteiger partial charge < -0.3 is 83.1 Å². The van der Waals surface area contributed by atoms with Crippen molar-refractivity contribution in [3.05, 3.63) is 59.7 Å². The average molecular weight is 1290 g/mol. The van der Waals surface area contributed by atoms with E-state index >= 15 is 9.35 Å². The van der Waals surface area contributed by atoms with E-state index in [0.717, 1.165) is 9.80 Å². The predicted octanol–water partition coefficient (Wildman–Crippen LogP) is -3.94. The van der Waals surface area contributed by atoms with Gasteiger partial charge in [-0.1, -0.05) is 57.5 Å². The Kier molecular flexibility index (Phi) is 24.1. The number of aliphatic hydroxyl groups is 2. The van der Waals surface area contributed by atoms with Crippen LogP contribution in [0.2, 0.25) is 0 Å². The quantitative estimate of drug-likeness (QED) is 0.0328. The number of nitrogens with zero attached hydrogens (tertiary/aromatic N) is 2. The van der Waals surface area contributed by atoms with Crippen LogP contribution in [-0.4, -0.2) is 205 Å². The van der Waals surface area contributed by atoms with Crippen LogP contribution in [0.4, 0.5) is 5.69 Å². The molecule has 7 rings (SSSR count). The van der Waals surface area contributed by atoms with Gasteiger partial charge in [0.15, 0.2) is 0 Å². The number of aromatic amines is 1. The molecule has 4 aliphatic heterocycles. The van der Waals surface area contributed by atoms with Crippen LogP contribution >= 0.6 is 12.6 Å². The van der Waals surface area contributed by atoms with E-state index in [2.05, 4.69) is 76.1 Å². The third kappa shape index (κ3) is 17.5. The standard InChI is InChI=1S/C58H78N14O16S2/c1-6-28(2)48-52(83)62-26-46(79)69-56-54(85)66-38(21-43(76)59-23-32-13-15-33(16-14-32)63-30(4)31(5)64-44(77)24-60-42(75)17-19-72-47(80)22-41(89)58(72)87)57(86)71-18-9-12-39(71)51(82)70-49(29(3)40(74)27-73)53(84)65-37(50(81)61-25-45(78)68-48)20-35-34-10-7-8-11-36(34)67-55(35)90(56)88/h7-8,10-11,13-16,28-31,37-41,48-49,56,63,67,73-74,89H,6,9,12,17-27H2,1-5H3,(H,59,76)(H,60,75)(H,61,81)(H,62,83)(H,64,77)(H,65,84)(H,66,85)(H,68,78)(H,69,79)(H,70,82)/t28-,29-,30?,31-,37-,38-,39-,40-,41?,48?,49?,56?,90?/m0/s1. The first-order valence-electron chi connectivity index (χ1n) is 29.6. The summed E-state index contributed by atoms with van der Waals surface area (Å²) in [6.07, 6.45) is -2.62. The van der Waals surface area contributed by atoms with Gasteiger partial charge in [0.2, 0.25) is 75.9 Å². The van der Waals surface area contributed by atoms with Gasteiger partial charge >= 0.3 is 0 Å². The summed E-state index contributed by atoms with van der Waals surface area (Å²) >= 11 is 1.33. The maximum absolute atomic E-state index is 15.4. The summed E-state index contributed by atoms with van der Waals surface area (Å²) in [6, 6.07) is 4.48. The highest BCUT2D eigenvalue weighted by Gasteiger charge is 2.46. The lowest BCUT2D eigenvalue weighted by molar-refractivity contribution is -0.144. The molecule has 2 fully saturated rings. The molecule has 14 N–H and O–H groups in total. The smallest absolute Gasteiger partial charge is 0.295 e. The molecular weight excluding hydrogens is 1210 g/mol. The summed E-state index contributed by atoms with van der Waals surface area (Å²) in [5.74, 6) is -12.4. The molecule has 6 unspecified atom stereocenters. The van der Waals surface area contributed by atoms with E-state index < -0.39 is 185 Å². The van der Waals surface area contributed by atoms with E-state index in [9.17, 15) is 67.7 Å². The first-order valence-corrected chi connectivity index (χ1v) is 31.4. The van der Waals surface area contributed by atoms with Crippen LogP contribution in [-0.2, 0) is 86.5 Å². The Bertz CT molecular complexity index is 3220. The third-order valence-electron chi connectivity index (χ3n) is 16.4. The van der Waals surface area contributed by atoms with Crippen molar-refractivity contribution in [2.75, 3.05) is 44.6 Å². The van der Waals surface area contributed by atoms with Gasteiger partial charge in [0.25, 0.3) is 11.3 Å². The Balaban J connectivity index is 1.14. The number of anilines is 1. The predicted molar refractivity (Wildman–Crippen MR) is 326 cm³/mol. The van der Waals surface area contributed by atoms with E-state index in [4.69, 9.17) is 0 Å². The van der Waals surface area contributed by atoms with Crippen LogP contribution < -0.4 is 58.5 Å². The number of para-hydroxylation sites is 1. The number of rotatable bonds is 18. The number of carbonyl (C=O) groups is 13. The topological polar surface area (TPSA) is 440 Å². The largest absolute Gasteiger partial charge is 0.608 e. The molecule has 32 heteroatoms. The fourth-order valence-corrected chi connectivity index (χ4v) is 12.3. The number of nitrogens with one attached hydrogen (secondary N) is 12. The fourth-order valence-electron chi connectivity index (χ4n) is 10.7. The van der Waals surface area contributed by atoms with Crippen molar-refractivity contribution in [3.8, 4) is 0 Å². The van der Waals surface area contributed by atoms with E-state index in [-0.39, 0.29) is 68.5 Å². The maximum atomic E-state index is 15.4. The third-order valence-corrected chi connectivity index (χ3v) is 18.3. The van der Waals surface area contributed by atoms with E-state index in [0.29, 0.717) is 28.6 Å². The molecule has 2 bridgehead atoms. The summed E-state index contributed by atoms with van der Waals surface area (Å²) in [5.41, 5.74) is 1.56. The van der Waals surface area contributed by atoms with E-state index in [1.807, 2.05) is 0 Å². The van der Waals surface area contributed by atoms with Gasteiger partial charge in [0.05, 0.1) is 44.0 Å². The molecule has 2 saturated heterocycles. The molecule has 90 heavy (non-hydrogen) atoms. The highest BCUT2D eigenvalue weighted by atomic mass is 32.2. The van der Waals surface area contributed by atoms with Crippen molar-refractivity contribution >= 4 is 117 Å². The van der Waals surface area contributed by atoms with E-state index in [1.54, 1.807) is 76.2 Å². The number of benzene rings is 2. The van der Waals surface area contributed by atoms with Crippen molar-refractivity contribution in [2.45, 2.75) is 150 Å². The number of thiol groups is 1. The number of aliphatic hydroxyl groups excluding tert-OH is 2. The number of carbonyl (C=O) groups excluding carboxylic acids is 13. The lowest BCUT2D eigenvalue weighted by Gasteiger charge is -2.32. The number of fused-ring (bicyclic) bond motifs is 4. The monoisotopic (exact) mass is 1290 g/mol. The van der Waals surface area contributed by atoms with Crippen molar-refractivity contribution in [1.29, 1.82) is 0 Å². The summed E-state index contributed by atoms with van der Waals surface area (Å²) in [7, 11) is 0. The van der Waals surface area contributed by atoms with Gasteiger partial charge in [-0.2, -0.15) is 12.6 Å². The highest BCUT2D eigenvalue weighted by molar-refractivity contribution is 7.92. The van der Waals surface area contributed by atoms with Gasteiger partial charge in [0, 0.05) is 90.2 Å². The van der Waals surface area contributed by atoms with Gasteiger partial charge in [-0.25, -0.2) is 0 Å². The molecule has 0 spiro atoms. The first-order chi connectivity index (χ1) is 42.8. The molecule has 13 amide bonds. The second kappa shape index (κ2) is 31.4.